The summed E-state index contributed by atoms with van der Waals surface area (Å²) >= 11 is 0. The highest BCUT2D eigenvalue weighted by molar-refractivity contribution is 5.87. The van der Waals surface area contributed by atoms with E-state index in [-0.39, 0.29) is 11.8 Å². The first-order valence-electron chi connectivity index (χ1n) is 8.06. The van der Waals surface area contributed by atoms with Gasteiger partial charge >= 0.3 is 0 Å². The highest BCUT2D eigenvalue weighted by Crippen LogP contribution is 2.10. The summed E-state index contributed by atoms with van der Waals surface area (Å²) in [6.07, 6.45) is 1.34. The molecule has 1 N–H and O–H groups in total. The number of rotatable bonds is 8. The normalized spacial score (nSPS) is 12.0. The fraction of sp³-hybridized carbons (Fsp3) is 0.556. The minimum Gasteiger partial charge on any atom is -0.354 e. The number of amides is 2. The molecule has 4 heteroatoms. The number of benzene rings is 1. The van der Waals surface area contributed by atoms with E-state index < -0.39 is 6.04 Å². The standard InChI is InChI=1S/C18H28N2O2/c1-5-17(21)20(13-16-9-7-6-8-10-16)15(4)18(22)19-12-11-14(2)3/h6-10,14-15H,5,11-13H2,1-4H3,(H,19,22). The van der Waals surface area contributed by atoms with Gasteiger partial charge in [-0.15, -0.1) is 0 Å². The zero-order chi connectivity index (χ0) is 16.5. The van der Waals surface area contributed by atoms with E-state index in [4.69, 9.17) is 0 Å². The van der Waals surface area contributed by atoms with Crippen LogP contribution in [0.3, 0.4) is 0 Å². The van der Waals surface area contributed by atoms with Crippen molar-refractivity contribution in [2.75, 3.05) is 6.54 Å². The van der Waals surface area contributed by atoms with E-state index in [2.05, 4.69) is 19.2 Å². The van der Waals surface area contributed by atoms with Crippen LogP contribution in [-0.2, 0) is 16.1 Å². The van der Waals surface area contributed by atoms with Gasteiger partial charge in [-0.25, -0.2) is 0 Å². The van der Waals surface area contributed by atoms with Crippen LogP contribution in [0.5, 0.6) is 0 Å². The predicted octanol–water partition coefficient (Wildman–Crippen LogP) is 2.98. The quantitative estimate of drug-likeness (QED) is 0.802. The number of hydrogen-bond acceptors (Lipinski definition) is 2. The third-order valence-electron chi connectivity index (χ3n) is 3.69. The van der Waals surface area contributed by atoms with E-state index in [1.165, 1.54) is 0 Å². The summed E-state index contributed by atoms with van der Waals surface area (Å²) in [5.74, 6) is 0.460. The van der Waals surface area contributed by atoms with Gasteiger partial charge in [-0.3, -0.25) is 9.59 Å². The third kappa shape index (κ3) is 5.88. The molecule has 1 unspecified atom stereocenters. The molecule has 0 fully saturated rings. The first-order valence-corrected chi connectivity index (χ1v) is 8.06. The molecule has 4 nitrogen and oxygen atoms in total. The predicted molar refractivity (Wildman–Crippen MR) is 89.2 cm³/mol. The van der Waals surface area contributed by atoms with Crippen molar-refractivity contribution < 1.29 is 9.59 Å². The zero-order valence-corrected chi connectivity index (χ0v) is 14.1. The van der Waals surface area contributed by atoms with Gasteiger partial charge in [0, 0.05) is 19.5 Å². The molecule has 1 aromatic rings. The van der Waals surface area contributed by atoms with E-state index in [1.807, 2.05) is 37.3 Å². The van der Waals surface area contributed by atoms with Gasteiger partial charge in [0.15, 0.2) is 0 Å². The molecule has 22 heavy (non-hydrogen) atoms. The van der Waals surface area contributed by atoms with Crippen LogP contribution in [0.25, 0.3) is 0 Å². The molecule has 1 atom stereocenters. The lowest BCUT2D eigenvalue weighted by Gasteiger charge is -2.28. The van der Waals surface area contributed by atoms with Crippen molar-refractivity contribution >= 4 is 11.8 Å². The second-order valence-corrected chi connectivity index (χ2v) is 6.01. The van der Waals surface area contributed by atoms with Crippen LogP contribution >= 0.6 is 0 Å². The highest BCUT2D eigenvalue weighted by Gasteiger charge is 2.24. The number of carbonyl (C=O) groups is 2. The van der Waals surface area contributed by atoms with Crippen molar-refractivity contribution in [2.24, 2.45) is 5.92 Å². The van der Waals surface area contributed by atoms with Gasteiger partial charge in [0.05, 0.1) is 0 Å². The van der Waals surface area contributed by atoms with E-state index in [0.717, 1.165) is 12.0 Å². The minimum atomic E-state index is -0.459. The fourth-order valence-electron chi connectivity index (χ4n) is 2.20. The lowest BCUT2D eigenvalue weighted by Crippen LogP contribution is -2.47. The Balaban J connectivity index is 2.70. The Morgan fingerprint density at radius 1 is 1.14 bits per heavy atom. The molecular weight excluding hydrogens is 276 g/mol. The van der Waals surface area contributed by atoms with Crippen LogP contribution in [0.2, 0.25) is 0 Å². The zero-order valence-electron chi connectivity index (χ0n) is 14.1. The second-order valence-electron chi connectivity index (χ2n) is 6.01. The molecule has 0 spiro atoms. The van der Waals surface area contributed by atoms with Crippen LogP contribution < -0.4 is 5.32 Å². The topological polar surface area (TPSA) is 49.4 Å². The molecule has 0 saturated carbocycles. The Bertz CT molecular complexity index is 471. The summed E-state index contributed by atoms with van der Waals surface area (Å²) in [6.45, 7) is 8.98. The van der Waals surface area contributed by atoms with E-state index in [1.54, 1.807) is 11.8 Å². The van der Waals surface area contributed by atoms with Gasteiger partial charge in [-0.2, -0.15) is 0 Å². The molecule has 122 valence electrons. The lowest BCUT2D eigenvalue weighted by atomic mass is 10.1. The number of carbonyl (C=O) groups excluding carboxylic acids is 2. The van der Waals surface area contributed by atoms with Crippen molar-refractivity contribution in [3.8, 4) is 0 Å². The van der Waals surface area contributed by atoms with Gasteiger partial charge in [0.25, 0.3) is 0 Å². The number of nitrogens with zero attached hydrogens (tertiary/aromatic N) is 1. The summed E-state index contributed by atoms with van der Waals surface area (Å²) in [7, 11) is 0. The molecule has 1 rings (SSSR count). The van der Waals surface area contributed by atoms with Crippen molar-refractivity contribution in [2.45, 2.75) is 53.1 Å². The van der Waals surface area contributed by atoms with Crippen LogP contribution in [0, 0.1) is 5.92 Å². The van der Waals surface area contributed by atoms with Crippen molar-refractivity contribution in [3.05, 3.63) is 35.9 Å². The van der Waals surface area contributed by atoms with Gasteiger partial charge in [-0.1, -0.05) is 51.1 Å². The third-order valence-corrected chi connectivity index (χ3v) is 3.69. The van der Waals surface area contributed by atoms with Crippen molar-refractivity contribution in [1.82, 2.24) is 10.2 Å². The molecule has 2 amide bonds. The lowest BCUT2D eigenvalue weighted by molar-refractivity contribution is -0.140. The van der Waals surface area contributed by atoms with E-state index in [0.29, 0.717) is 25.4 Å². The molecule has 0 aliphatic heterocycles. The maximum Gasteiger partial charge on any atom is 0.242 e. The summed E-state index contributed by atoms with van der Waals surface area (Å²) < 4.78 is 0. The highest BCUT2D eigenvalue weighted by atomic mass is 16.2. The Kier molecular flexibility index (Phi) is 7.64. The number of nitrogens with one attached hydrogen (secondary N) is 1. The Morgan fingerprint density at radius 3 is 2.32 bits per heavy atom. The molecule has 0 heterocycles. The SMILES string of the molecule is CCC(=O)N(Cc1ccccc1)C(C)C(=O)NCCC(C)C. The van der Waals surface area contributed by atoms with Crippen LogP contribution in [0.4, 0.5) is 0 Å². The summed E-state index contributed by atoms with van der Waals surface area (Å²) in [6, 6.07) is 9.31. The molecule has 1 aromatic carbocycles. The summed E-state index contributed by atoms with van der Waals surface area (Å²) in [5, 5.41) is 2.93. The molecule has 0 bridgehead atoms. The second kappa shape index (κ2) is 9.23. The van der Waals surface area contributed by atoms with Gasteiger partial charge in [0.2, 0.25) is 11.8 Å². The number of hydrogen-bond donors (Lipinski definition) is 1. The maximum atomic E-state index is 12.3. The largest absolute Gasteiger partial charge is 0.354 e. The Labute approximate surface area is 133 Å². The Hall–Kier alpha value is -1.84. The van der Waals surface area contributed by atoms with Crippen molar-refractivity contribution in [3.63, 3.8) is 0 Å². The van der Waals surface area contributed by atoms with Crippen molar-refractivity contribution in [1.29, 1.82) is 0 Å². The fourth-order valence-corrected chi connectivity index (χ4v) is 2.20. The van der Waals surface area contributed by atoms with Crippen LogP contribution in [0.1, 0.15) is 46.1 Å². The van der Waals surface area contributed by atoms with E-state index >= 15 is 0 Å². The molecule has 0 saturated heterocycles. The summed E-state index contributed by atoms with van der Waals surface area (Å²) in [4.78, 5) is 26.1. The minimum absolute atomic E-state index is 0.00429. The first kappa shape index (κ1) is 18.2. The average Bonchev–Trinajstić information content (AvgIpc) is 2.51. The molecule has 0 aliphatic rings. The van der Waals surface area contributed by atoms with Crippen LogP contribution in [-0.4, -0.2) is 29.3 Å². The van der Waals surface area contributed by atoms with Crippen LogP contribution in [0.15, 0.2) is 30.3 Å². The molecule has 0 aromatic heterocycles. The molecular formula is C18H28N2O2. The smallest absolute Gasteiger partial charge is 0.242 e. The summed E-state index contributed by atoms with van der Waals surface area (Å²) in [5.41, 5.74) is 1.03. The Morgan fingerprint density at radius 2 is 1.77 bits per heavy atom. The first-order chi connectivity index (χ1) is 10.5. The average molecular weight is 304 g/mol. The molecule has 0 aliphatic carbocycles. The molecule has 0 radical (unpaired) electrons. The maximum absolute atomic E-state index is 12.3. The van der Waals surface area contributed by atoms with E-state index in [9.17, 15) is 9.59 Å². The van der Waals surface area contributed by atoms with Gasteiger partial charge in [-0.05, 0) is 24.8 Å². The monoisotopic (exact) mass is 304 g/mol. The van der Waals surface area contributed by atoms with Gasteiger partial charge in [0.1, 0.15) is 6.04 Å². The van der Waals surface area contributed by atoms with Gasteiger partial charge < -0.3 is 10.2 Å².